The molecule has 0 fully saturated rings. The zero-order valence-corrected chi connectivity index (χ0v) is 11.4. The molecule has 0 saturated heterocycles. The third-order valence-corrected chi connectivity index (χ3v) is 3.04. The maximum absolute atomic E-state index is 11.9. The van der Waals surface area contributed by atoms with Crippen LogP contribution in [0.15, 0.2) is 55.1 Å². The highest BCUT2D eigenvalue weighted by molar-refractivity contribution is 6.02. The Morgan fingerprint density at radius 3 is 2.62 bits per heavy atom. The SMILES string of the molecule is C=CCC(NC(=O)Nc1cccc2ccccc12)C(=O)O. The number of carboxylic acid groups (broad SMARTS) is 1. The molecule has 0 aliphatic rings. The summed E-state index contributed by atoms with van der Waals surface area (Å²) in [5.74, 6) is -1.09. The molecule has 0 aliphatic carbocycles. The highest BCUT2D eigenvalue weighted by atomic mass is 16.4. The van der Waals surface area contributed by atoms with Crippen molar-refractivity contribution in [1.29, 1.82) is 0 Å². The molecule has 0 spiro atoms. The van der Waals surface area contributed by atoms with E-state index in [1.165, 1.54) is 6.08 Å². The maximum atomic E-state index is 11.9. The van der Waals surface area contributed by atoms with E-state index in [1.54, 1.807) is 6.07 Å². The Labute approximate surface area is 122 Å². The van der Waals surface area contributed by atoms with E-state index >= 15 is 0 Å². The molecule has 0 bridgehead atoms. The number of rotatable bonds is 5. The highest BCUT2D eigenvalue weighted by Crippen LogP contribution is 2.22. The van der Waals surface area contributed by atoms with Crippen molar-refractivity contribution in [2.75, 3.05) is 5.32 Å². The van der Waals surface area contributed by atoms with Gasteiger partial charge in [0.2, 0.25) is 0 Å². The molecule has 0 saturated carbocycles. The molecule has 0 aliphatic heterocycles. The van der Waals surface area contributed by atoms with Crippen molar-refractivity contribution in [2.45, 2.75) is 12.5 Å². The zero-order valence-electron chi connectivity index (χ0n) is 11.4. The Bertz CT molecular complexity index is 677. The molecule has 0 heterocycles. The molecule has 5 nitrogen and oxygen atoms in total. The Balaban J connectivity index is 2.14. The second kappa shape index (κ2) is 6.56. The monoisotopic (exact) mass is 284 g/mol. The van der Waals surface area contributed by atoms with Gasteiger partial charge in [-0.1, -0.05) is 42.5 Å². The number of benzene rings is 2. The molecular weight excluding hydrogens is 268 g/mol. The predicted octanol–water partition coefficient (Wildman–Crippen LogP) is 2.99. The first-order chi connectivity index (χ1) is 10.1. The predicted molar refractivity (Wildman–Crippen MR) is 82.3 cm³/mol. The first kappa shape index (κ1) is 14.6. The quantitative estimate of drug-likeness (QED) is 0.738. The first-order valence-electron chi connectivity index (χ1n) is 6.51. The Morgan fingerprint density at radius 1 is 1.19 bits per heavy atom. The van der Waals surface area contributed by atoms with Gasteiger partial charge in [-0.3, -0.25) is 0 Å². The second-order valence-electron chi connectivity index (χ2n) is 4.54. The van der Waals surface area contributed by atoms with Gasteiger partial charge >= 0.3 is 12.0 Å². The molecule has 3 N–H and O–H groups in total. The Hall–Kier alpha value is -2.82. The number of hydrogen-bond acceptors (Lipinski definition) is 2. The lowest BCUT2D eigenvalue weighted by Crippen LogP contribution is -2.42. The Kier molecular flexibility index (Phi) is 4.56. The molecule has 0 radical (unpaired) electrons. The number of carboxylic acids is 1. The lowest BCUT2D eigenvalue weighted by atomic mass is 10.1. The fraction of sp³-hybridized carbons (Fsp3) is 0.125. The minimum atomic E-state index is -1.09. The van der Waals surface area contributed by atoms with Gasteiger partial charge in [0.25, 0.3) is 0 Å². The lowest BCUT2D eigenvalue weighted by Gasteiger charge is -2.14. The molecular formula is C16H16N2O3. The molecule has 21 heavy (non-hydrogen) atoms. The number of carbonyl (C=O) groups is 2. The van der Waals surface area contributed by atoms with Crippen LogP contribution in [0, 0.1) is 0 Å². The first-order valence-corrected chi connectivity index (χ1v) is 6.51. The van der Waals surface area contributed by atoms with E-state index in [2.05, 4.69) is 17.2 Å². The molecule has 2 aromatic rings. The van der Waals surface area contributed by atoms with Crippen LogP contribution in [0.2, 0.25) is 0 Å². The number of hydrogen-bond donors (Lipinski definition) is 3. The zero-order chi connectivity index (χ0) is 15.2. The van der Waals surface area contributed by atoms with E-state index in [0.29, 0.717) is 5.69 Å². The van der Waals surface area contributed by atoms with Crippen LogP contribution in [-0.2, 0) is 4.79 Å². The van der Waals surface area contributed by atoms with Crippen molar-refractivity contribution in [2.24, 2.45) is 0 Å². The summed E-state index contributed by atoms with van der Waals surface area (Å²) in [5.41, 5.74) is 0.633. The number of carbonyl (C=O) groups excluding carboxylic acids is 1. The minimum Gasteiger partial charge on any atom is -0.480 e. The summed E-state index contributed by atoms with van der Waals surface area (Å²) in [7, 11) is 0. The van der Waals surface area contributed by atoms with Crippen LogP contribution in [0.25, 0.3) is 10.8 Å². The summed E-state index contributed by atoms with van der Waals surface area (Å²) in [5, 5.41) is 16.0. The van der Waals surface area contributed by atoms with E-state index in [-0.39, 0.29) is 6.42 Å². The summed E-state index contributed by atoms with van der Waals surface area (Å²) < 4.78 is 0. The average Bonchev–Trinajstić information content (AvgIpc) is 2.47. The molecule has 5 heteroatoms. The van der Waals surface area contributed by atoms with Crippen LogP contribution in [0.1, 0.15) is 6.42 Å². The van der Waals surface area contributed by atoms with E-state index < -0.39 is 18.0 Å². The summed E-state index contributed by atoms with van der Waals surface area (Å²) in [6, 6.07) is 11.6. The third kappa shape index (κ3) is 3.60. The molecule has 1 unspecified atom stereocenters. The van der Waals surface area contributed by atoms with E-state index in [9.17, 15) is 9.59 Å². The minimum absolute atomic E-state index is 0.165. The number of amides is 2. The van der Waals surface area contributed by atoms with Gasteiger partial charge in [-0.25, -0.2) is 9.59 Å². The molecule has 2 aromatic carbocycles. The molecule has 108 valence electrons. The second-order valence-corrected chi connectivity index (χ2v) is 4.54. The largest absolute Gasteiger partial charge is 0.480 e. The van der Waals surface area contributed by atoms with Crippen LogP contribution in [-0.4, -0.2) is 23.1 Å². The fourth-order valence-electron chi connectivity index (χ4n) is 2.04. The van der Waals surface area contributed by atoms with Gasteiger partial charge in [-0.15, -0.1) is 6.58 Å². The van der Waals surface area contributed by atoms with Gasteiger partial charge < -0.3 is 15.7 Å². The van der Waals surface area contributed by atoms with Crippen molar-refractivity contribution in [1.82, 2.24) is 5.32 Å². The van der Waals surface area contributed by atoms with Crippen molar-refractivity contribution < 1.29 is 14.7 Å². The van der Waals surface area contributed by atoms with Crippen molar-refractivity contribution in [3.8, 4) is 0 Å². The van der Waals surface area contributed by atoms with Crippen molar-refractivity contribution >= 4 is 28.5 Å². The van der Waals surface area contributed by atoms with Gasteiger partial charge in [0.15, 0.2) is 0 Å². The number of urea groups is 1. The number of fused-ring (bicyclic) bond motifs is 1. The normalized spacial score (nSPS) is 11.6. The van der Waals surface area contributed by atoms with Crippen LogP contribution >= 0.6 is 0 Å². The van der Waals surface area contributed by atoms with E-state index in [1.807, 2.05) is 36.4 Å². The lowest BCUT2D eigenvalue weighted by molar-refractivity contribution is -0.139. The number of anilines is 1. The van der Waals surface area contributed by atoms with Crippen LogP contribution in [0.5, 0.6) is 0 Å². The van der Waals surface area contributed by atoms with E-state index in [4.69, 9.17) is 5.11 Å². The van der Waals surface area contributed by atoms with Gasteiger partial charge in [0.1, 0.15) is 6.04 Å². The third-order valence-electron chi connectivity index (χ3n) is 3.04. The van der Waals surface area contributed by atoms with Crippen LogP contribution in [0.4, 0.5) is 10.5 Å². The average molecular weight is 284 g/mol. The summed E-state index contributed by atoms with van der Waals surface area (Å²) in [6.07, 6.45) is 1.62. The van der Waals surface area contributed by atoms with Gasteiger partial charge in [-0.2, -0.15) is 0 Å². The van der Waals surface area contributed by atoms with Crippen molar-refractivity contribution in [3.63, 3.8) is 0 Å². The molecule has 2 rings (SSSR count). The van der Waals surface area contributed by atoms with Gasteiger partial charge in [-0.05, 0) is 17.9 Å². The summed E-state index contributed by atoms with van der Waals surface area (Å²) >= 11 is 0. The number of aliphatic carboxylic acids is 1. The molecule has 2 amide bonds. The fourth-order valence-corrected chi connectivity index (χ4v) is 2.04. The topological polar surface area (TPSA) is 78.4 Å². The number of nitrogens with one attached hydrogen (secondary N) is 2. The van der Waals surface area contributed by atoms with Gasteiger partial charge in [0.05, 0.1) is 5.69 Å². The smallest absolute Gasteiger partial charge is 0.326 e. The van der Waals surface area contributed by atoms with Crippen LogP contribution in [0.3, 0.4) is 0 Å². The standard InChI is InChI=1S/C16H16N2O3/c1-2-6-14(15(19)20)18-16(21)17-13-10-5-8-11-7-3-4-9-12(11)13/h2-5,7-10,14H,1,6H2,(H,19,20)(H2,17,18,21). The van der Waals surface area contributed by atoms with Crippen LogP contribution < -0.4 is 10.6 Å². The van der Waals surface area contributed by atoms with E-state index in [0.717, 1.165) is 10.8 Å². The highest BCUT2D eigenvalue weighted by Gasteiger charge is 2.18. The molecule has 0 aromatic heterocycles. The maximum Gasteiger partial charge on any atom is 0.326 e. The summed E-state index contributed by atoms with van der Waals surface area (Å²) in [4.78, 5) is 22.9. The molecule has 1 atom stereocenters. The van der Waals surface area contributed by atoms with Crippen molar-refractivity contribution in [3.05, 3.63) is 55.1 Å². The van der Waals surface area contributed by atoms with Gasteiger partial charge in [0, 0.05) is 5.39 Å². The summed E-state index contributed by atoms with van der Waals surface area (Å²) in [6.45, 7) is 3.48. The Morgan fingerprint density at radius 2 is 1.90 bits per heavy atom.